The van der Waals surface area contributed by atoms with Gasteiger partial charge in [0.15, 0.2) is 0 Å². The highest BCUT2D eigenvalue weighted by Crippen LogP contribution is 2.19. The first-order valence-corrected chi connectivity index (χ1v) is 7.67. The zero-order chi connectivity index (χ0) is 18.7. The van der Waals surface area contributed by atoms with Crippen molar-refractivity contribution in [1.82, 2.24) is 10.2 Å². The second kappa shape index (κ2) is 7.14. The van der Waals surface area contributed by atoms with E-state index in [0.29, 0.717) is 11.5 Å². The van der Waals surface area contributed by atoms with E-state index in [4.69, 9.17) is 9.15 Å². The standard InChI is InChI=1S/C18H16N2O6/c1-24-12-5-3-11(4-6-12)9-14-16(21)20(18(23)19-14)10-13-7-8-15(26-13)17(22)25-2/h3-9H,10H2,1-2H3,(H,19,23)/b14-9-. The van der Waals surface area contributed by atoms with E-state index in [0.717, 1.165) is 10.5 Å². The van der Waals surface area contributed by atoms with Crippen molar-refractivity contribution in [3.8, 4) is 5.75 Å². The van der Waals surface area contributed by atoms with E-state index >= 15 is 0 Å². The Hall–Kier alpha value is -3.55. The summed E-state index contributed by atoms with van der Waals surface area (Å²) >= 11 is 0. The van der Waals surface area contributed by atoms with Crippen molar-refractivity contribution < 1.29 is 28.3 Å². The molecule has 134 valence electrons. The minimum atomic E-state index is -0.631. The molecule has 3 amide bonds. The maximum atomic E-state index is 12.5. The van der Waals surface area contributed by atoms with E-state index in [1.807, 2.05) is 0 Å². The molecule has 0 spiro atoms. The van der Waals surface area contributed by atoms with Crippen LogP contribution in [0.1, 0.15) is 21.9 Å². The average Bonchev–Trinajstić information content (AvgIpc) is 3.22. The molecule has 0 unspecified atom stereocenters. The monoisotopic (exact) mass is 356 g/mol. The fourth-order valence-electron chi connectivity index (χ4n) is 2.41. The summed E-state index contributed by atoms with van der Waals surface area (Å²) in [6.07, 6.45) is 1.57. The Morgan fingerprint density at radius 3 is 2.54 bits per heavy atom. The van der Waals surface area contributed by atoms with Crippen molar-refractivity contribution >= 4 is 24.0 Å². The first-order chi connectivity index (χ1) is 12.5. The number of esters is 1. The van der Waals surface area contributed by atoms with Crippen molar-refractivity contribution in [2.24, 2.45) is 0 Å². The van der Waals surface area contributed by atoms with Gasteiger partial charge in [-0.3, -0.25) is 9.69 Å². The number of hydrogen-bond donors (Lipinski definition) is 1. The summed E-state index contributed by atoms with van der Waals surface area (Å²) in [5.74, 6) is -0.131. The lowest BCUT2D eigenvalue weighted by molar-refractivity contribution is -0.123. The Bertz CT molecular complexity index is 881. The van der Waals surface area contributed by atoms with E-state index in [1.165, 1.54) is 19.2 Å². The molecule has 1 aliphatic heterocycles. The number of hydrogen-bond acceptors (Lipinski definition) is 6. The van der Waals surface area contributed by atoms with Crippen molar-refractivity contribution in [1.29, 1.82) is 0 Å². The molecule has 1 aromatic heterocycles. The molecule has 1 saturated heterocycles. The van der Waals surface area contributed by atoms with Gasteiger partial charge in [0, 0.05) is 0 Å². The molecule has 0 bridgehead atoms. The maximum absolute atomic E-state index is 12.5. The Kier molecular flexibility index (Phi) is 4.74. The lowest BCUT2D eigenvalue weighted by Gasteiger charge is -2.09. The van der Waals surface area contributed by atoms with Crippen molar-refractivity contribution in [3.05, 3.63) is 59.2 Å². The molecule has 2 heterocycles. The first-order valence-electron chi connectivity index (χ1n) is 7.67. The highest BCUT2D eigenvalue weighted by Gasteiger charge is 2.34. The Balaban J connectivity index is 1.75. The minimum Gasteiger partial charge on any atom is -0.497 e. The molecule has 0 atom stereocenters. The van der Waals surface area contributed by atoms with E-state index in [9.17, 15) is 14.4 Å². The number of methoxy groups -OCH3 is 2. The third kappa shape index (κ3) is 3.44. The third-order valence-corrected chi connectivity index (χ3v) is 3.75. The van der Waals surface area contributed by atoms with Gasteiger partial charge in [0.2, 0.25) is 5.76 Å². The molecule has 3 rings (SSSR count). The molecule has 1 fully saturated rings. The van der Waals surface area contributed by atoms with Crippen LogP contribution in [0.15, 0.2) is 46.5 Å². The zero-order valence-corrected chi connectivity index (χ0v) is 14.1. The molecule has 8 heteroatoms. The predicted octanol–water partition coefficient (Wildman–Crippen LogP) is 2.17. The van der Waals surface area contributed by atoms with Gasteiger partial charge in [0.25, 0.3) is 5.91 Å². The quantitative estimate of drug-likeness (QED) is 0.501. The largest absolute Gasteiger partial charge is 0.497 e. The number of carbonyl (C=O) groups is 3. The van der Waals surface area contributed by atoms with Crippen molar-refractivity contribution in [3.63, 3.8) is 0 Å². The molecule has 26 heavy (non-hydrogen) atoms. The number of carbonyl (C=O) groups excluding carboxylic acids is 3. The fraction of sp³-hybridized carbons (Fsp3) is 0.167. The molecular weight excluding hydrogens is 340 g/mol. The van der Waals surface area contributed by atoms with Gasteiger partial charge in [-0.2, -0.15) is 0 Å². The topological polar surface area (TPSA) is 98.1 Å². The number of furan rings is 1. The van der Waals surface area contributed by atoms with Crippen LogP contribution in [-0.2, 0) is 16.1 Å². The number of nitrogens with zero attached hydrogens (tertiary/aromatic N) is 1. The maximum Gasteiger partial charge on any atom is 0.373 e. The van der Waals surface area contributed by atoms with Gasteiger partial charge < -0.3 is 19.2 Å². The molecule has 2 aromatic rings. The summed E-state index contributed by atoms with van der Waals surface area (Å²) in [6, 6.07) is 9.41. The predicted molar refractivity (Wildman–Crippen MR) is 90.1 cm³/mol. The summed E-state index contributed by atoms with van der Waals surface area (Å²) in [5, 5.41) is 2.53. The lowest BCUT2D eigenvalue weighted by atomic mass is 10.2. The van der Waals surface area contributed by atoms with Gasteiger partial charge in [0.05, 0.1) is 20.8 Å². The van der Waals surface area contributed by atoms with Gasteiger partial charge in [-0.05, 0) is 35.9 Å². The normalized spacial score (nSPS) is 15.3. The van der Waals surface area contributed by atoms with E-state index in [2.05, 4.69) is 10.1 Å². The average molecular weight is 356 g/mol. The molecule has 1 aliphatic rings. The van der Waals surface area contributed by atoms with Gasteiger partial charge in [-0.15, -0.1) is 0 Å². The zero-order valence-electron chi connectivity index (χ0n) is 14.1. The van der Waals surface area contributed by atoms with Gasteiger partial charge in [-0.1, -0.05) is 12.1 Å². The van der Waals surface area contributed by atoms with Crippen LogP contribution in [-0.4, -0.2) is 37.0 Å². The fourth-order valence-corrected chi connectivity index (χ4v) is 2.41. The van der Waals surface area contributed by atoms with E-state index in [-0.39, 0.29) is 18.0 Å². The number of ether oxygens (including phenoxy) is 2. The van der Waals surface area contributed by atoms with E-state index in [1.54, 1.807) is 37.5 Å². The summed E-state index contributed by atoms with van der Waals surface area (Å²) in [5.41, 5.74) is 0.891. The van der Waals surface area contributed by atoms with Crippen LogP contribution in [0, 0.1) is 0 Å². The molecule has 0 aliphatic carbocycles. The summed E-state index contributed by atoms with van der Waals surface area (Å²) in [4.78, 5) is 36.9. The number of nitrogens with one attached hydrogen (secondary N) is 1. The van der Waals surface area contributed by atoms with Crippen LogP contribution < -0.4 is 10.1 Å². The summed E-state index contributed by atoms with van der Waals surface area (Å²) in [7, 11) is 2.80. The number of benzene rings is 1. The second-order valence-corrected chi connectivity index (χ2v) is 5.41. The number of amides is 3. The molecule has 8 nitrogen and oxygen atoms in total. The minimum absolute atomic E-state index is 0.00329. The molecule has 0 saturated carbocycles. The summed E-state index contributed by atoms with van der Waals surface area (Å²) < 4.78 is 14.9. The number of rotatable bonds is 5. The molecule has 1 aromatic carbocycles. The number of urea groups is 1. The second-order valence-electron chi connectivity index (χ2n) is 5.41. The van der Waals surface area contributed by atoms with Crippen molar-refractivity contribution in [2.45, 2.75) is 6.54 Å². The van der Waals surface area contributed by atoms with Gasteiger partial charge >= 0.3 is 12.0 Å². The Morgan fingerprint density at radius 2 is 1.88 bits per heavy atom. The molecule has 1 N–H and O–H groups in total. The molecule has 0 radical (unpaired) electrons. The first kappa shape index (κ1) is 17.3. The van der Waals surface area contributed by atoms with Crippen LogP contribution in [0.3, 0.4) is 0 Å². The van der Waals surface area contributed by atoms with Crippen molar-refractivity contribution in [2.75, 3.05) is 14.2 Å². The number of imide groups is 1. The third-order valence-electron chi connectivity index (χ3n) is 3.75. The smallest absolute Gasteiger partial charge is 0.373 e. The van der Waals surface area contributed by atoms with Gasteiger partial charge in [0.1, 0.15) is 17.2 Å². The van der Waals surface area contributed by atoms with Crippen LogP contribution >= 0.6 is 0 Å². The highest BCUT2D eigenvalue weighted by atomic mass is 16.5. The van der Waals surface area contributed by atoms with Gasteiger partial charge in [-0.25, -0.2) is 9.59 Å². The lowest BCUT2D eigenvalue weighted by Crippen LogP contribution is -2.30. The van der Waals surface area contributed by atoms with Crippen LogP contribution in [0.4, 0.5) is 4.79 Å². The highest BCUT2D eigenvalue weighted by molar-refractivity contribution is 6.13. The van der Waals surface area contributed by atoms with E-state index < -0.39 is 17.9 Å². The van der Waals surface area contributed by atoms with Crippen LogP contribution in [0.2, 0.25) is 0 Å². The Morgan fingerprint density at radius 1 is 1.15 bits per heavy atom. The summed E-state index contributed by atoms with van der Waals surface area (Å²) in [6.45, 7) is -0.0956. The van der Waals surface area contributed by atoms with Crippen LogP contribution in [0.25, 0.3) is 6.08 Å². The van der Waals surface area contributed by atoms with Crippen LogP contribution in [0.5, 0.6) is 5.75 Å². The Labute approximate surface area is 149 Å². The SMILES string of the molecule is COC(=O)c1ccc(CN2C(=O)N/C(=C\c3ccc(OC)cc3)C2=O)o1. The molecular formula is C18H16N2O6.